The molecule has 2 aromatic rings. The number of aliphatic hydroxyl groups is 2. The van der Waals surface area contributed by atoms with Gasteiger partial charge in [0.2, 0.25) is 0 Å². The van der Waals surface area contributed by atoms with Crippen molar-refractivity contribution in [1.29, 1.82) is 0 Å². The Morgan fingerprint density at radius 1 is 1.13 bits per heavy atom. The summed E-state index contributed by atoms with van der Waals surface area (Å²) in [5.74, 6) is -1.87. The van der Waals surface area contributed by atoms with Crippen molar-refractivity contribution >= 4 is 29.0 Å². The average molecular weight is 652 g/mol. The lowest BCUT2D eigenvalue weighted by Crippen LogP contribution is -2.70. The zero-order valence-electron chi connectivity index (χ0n) is 26.0. The van der Waals surface area contributed by atoms with Gasteiger partial charge in [-0.05, 0) is 86.1 Å². The van der Waals surface area contributed by atoms with E-state index in [2.05, 4.69) is 6.07 Å². The summed E-state index contributed by atoms with van der Waals surface area (Å²) in [4.78, 5) is 27.0. The number of hydrogen-bond acceptors (Lipinski definition) is 8. The Hall–Kier alpha value is -2.89. The monoisotopic (exact) mass is 651 g/mol. The fourth-order valence-corrected chi connectivity index (χ4v) is 10.3. The molecule has 1 heterocycles. The molecule has 10 heteroatoms. The molecule has 4 N–H and O–H groups in total. The van der Waals surface area contributed by atoms with Crippen LogP contribution < -0.4 is 5.73 Å². The van der Waals surface area contributed by atoms with Gasteiger partial charge in [-0.2, -0.15) is 0 Å². The number of benzene rings is 2. The summed E-state index contributed by atoms with van der Waals surface area (Å²) in [7, 11) is 0. The molecular weight excluding hydrogens is 612 g/mol. The van der Waals surface area contributed by atoms with Crippen molar-refractivity contribution in [3.05, 3.63) is 83.0 Å². The summed E-state index contributed by atoms with van der Waals surface area (Å²) in [6, 6.07) is 13.6. The van der Waals surface area contributed by atoms with E-state index in [1.807, 2.05) is 43.3 Å². The lowest BCUT2D eigenvalue weighted by atomic mass is 9.44. The highest BCUT2D eigenvalue weighted by Gasteiger charge is 2.80. The number of rotatable bonds is 6. The van der Waals surface area contributed by atoms with Crippen molar-refractivity contribution in [3.63, 3.8) is 0 Å². The fourth-order valence-electron chi connectivity index (χ4n) is 9.39. The number of halogens is 2. The van der Waals surface area contributed by atoms with Crippen molar-refractivity contribution in [1.82, 2.24) is 0 Å². The summed E-state index contributed by atoms with van der Waals surface area (Å²) >= 11 is 1.69. The predicted octanol–water partition coefficient (Wildman–Crippen LogP) is 5.51. The van der Waals surface area contributed by atoms with E-state index in [-0.39, 0.29) is 24.8 Å². The van der Waals surface area contributed by atoms with Crippen LogP contribution in [0.4, 0.5) is 14.5 Å². The predicted molar refractivity (Wildman–Crippen MR) is 169 cm³/mol. The number of ketones is 2. The molecule has 0 amide bonds. The molecule has 0 aromatic heterocycles. The molecule has 4 fully saturated rings. The Kier molecular flexibility index (Phi) is 7.45. The summed E-state index contributed by atoms with van der Waals surface area (Å²) in [6.07, 6.45) is -1.37. The van der Waals surface area contributed by atoms with E-state index in [1.54, 1.807) is 25.6 Å². The van der Waals surface area contributed by atoms with Gasteiger partial charge in [0, 0.05) is 38.6 Å². The second kappa shape index (κ2) is 10.8. The molecule has 10 atom stereocenters. The van der Waals surface area contributed by atoms with E-state index < -0.39 is 76.8 Å². The number of carbonyl (C=O) groups excluding carboxylic acids is 2. The third-order valence-corrected chi connectivity index (χ3v) is 12.9. The highest BCUT2D eigenvalue weighted by molar-refractivity contribution is 7.98. The fraction of sp³-hybridized carbons (Fsp3) is 0.500. The first kappa shape index (κ1) is 31.7. The normalized spacial score (nSPS) is 40.9. The minimum Gasteiger partial charge on any atom is -0.399 e. The molecule has 1 aliphatic heterocycles. The van der Waals surface area contributed by atoms with Gasteiger partial charge >= 0.3 is 0 Å². The summed E-state index contributed by atoms with van der Waals surface area (Å²) in [6.45, 7) is 4.47. The largest absolute Gasteiger partial charge is 0.399 e. The Morgan fingerprint density at radius 3 is 2.57 bits per heavy atom. The van der Waals surface area contributed by atoms with Gasteiger partial charge in [-0.1, -0.05) is 37.3 Å². The molecule has 7 rings (SSSR count). The van der Waals surface area contributed by atoms with Crippen LogP contribution in [0.25, 0.3) is 0 Å². The van der Waals surface area contributed by atoms with Crippen LogP contribution in [0.3, 0.4) is 0 Å². The van der Waals surface area contributed by atoms with Crippen LogP contribution in [0.15, 0.2) is 71.2 Å². The standard InChI is InChI=1S/C36H39F2NO6S/c1-19-12-23(8-9-28(19)39)46-18-20-4-6-21(7-5-20)32-44-31-15-24-25-14-27(37)26-13-22(41)10-11-33(26,2)35(25,38)29(42)16-34(24,3)36(31,45-32)30(43)17-40/h4-13,24-25,27,29,31-32,40,42H,14-18,39H2,1-3H3/t24-,25-,27-,29-,31+,32+,33-,34-,35-,36+/m0/s1. The van der Waals surface area contributed by atoms with Gasteiger partial charge in [-0.15, -0.1) is 11.8 Å². The molecule has 0 unspecified atom stereocenters. The molecule has 0 spiro atoms. The van der Waals surface area contributed by atoms with Crippen molar-refractivity contribution in [3.8, 4) is 0 Å². The number of nitrogen functional groups attached to an aromatic ring is 1. The van der Waals surface area contributed by atoms with Crippen molar-refractivity contribution < 1.29 is 38.1 Å². The Bertz CT molecular complexity index is 1660. The van der Waals surface area contributed by atoms with Crippen LogP contribution in [0.5, 0.6) is 0 Å². The Balaban J connectivity index is 1.16. The first-order chi connectivity index (χ1) is 21.8. The van der Waals surface area contributed by atoms with Crippen LogP contribution in [-0.2, 0) is 24.8 Å². The molecule has 46 heavy (non-hydrogen) atoms. The van der Waals surface area contributed by atoms with E-state index in [9.17, 15) is 19.8 Å². The second-order valence-corrected chi connectivity index (χ2v) is 15.1. The number of alkyl halides is 2. The van der Waals surface area contributed by atoms with Crippen LogP contribution in [-0.4, -0.2) is 58.0 Å². The van der Waals surface area contributed by atoms with Crippen molar-refractivity contribution in [2.75, 3.05) is 12.3 Å². The summed E-state index contributed by atoms with van der Waals surface area (Å²) in [5, 5.41) is 21.9. The van der Waals surface area contributed by atoms with Gasteiger partial charge in [0.05, 0.1) is 12.2 Å². The minimum atomic E-state index is -2.29. The molecule has 7 nitrogen and oxygen atoms in total. The van der Waals surface area contributed by atoms with Crippen LogP contribution >= 0.6 is 11.8 Å². The van der Waals surface area contributed by atoms with Crippen molar-refractivity contribution in [2.24, 2.45) is 22.7 Å². The van der Waals surface area contributed by atoms with Gasteiger partial charge < -0.3 is 25.4 Å². The number of carbonyl (C=O) groups is 2. The third-order valence-electron chi connectivity index (χ3n) is 11.8. The number of allylic oxidation sites excluding steroid dienone is 4. The lowest BCUT2D eigenvalue weighted by molar-refractivity contribution is -0.235. The first-order valence-electron chi connectivity index (χ1n) is 15.8. The SMILES string of the molecule is Cc1cc(SCc2ccc([C@@H]3O[C@@H]4C[C@H]5[C@@H]6C[C@H](F)C7=CC(=O)C=C[C@]7(C)[C@@]6(F)[C@@H](O)C[C@]5(C)[C@]4(C(=O)CO)O3)cc2)ccc1N. The highest BCUT2D eigenvalue weighted by atomic mass is 32.2. The number of Topliss-reactive ketones (excluding diaryl/α,β-unsaturated/α-hetero) is 1. The average Bonchev–Trinajstić information content (AvgIpc) is 3.53. The van der Waals surface area contributed by atoms with Gasteiger partial charge in [0.15, 0.2) is 29.1 Å². The molecule has 5 aliphatic rings. The zero-order valence-corrected chi connectivity index (χ0v) is 26.9. The van der Waals surface area contributed by atoms with E-state index in [0.29, 0.717) is 5.56 Å². The minimum absolute atomic E-state index is 0.0405. The molecule has 4 aliphatic carbocycles. The van der Waals surface area contributed by atoms with Crippen LogP contribution in [0, 0.1) is 29.6 Å². The molecule has 1 saturated heterocycles. The van der Waals surface area contributed by atoms with Gasteiger partial charge in [-0.3, -0.25) is 9.59 Å². The number of aliphatic hydroxyl groups excluding tert-OH is 2. The molecule has 3 saturated carbocycles. The topological polar surface area (TPSA) is 119 Å². The number of thioether (sulfide) groups is 1. The van der Waals surface area contributed by atoms with Gasteiger partial charge in [0.25, 0.3) is 0 Å². The summed E-state index contributed by atoms with van der Waals surface area (Å²) in [5.41, 5.74) is 2.87. The van der Waals surface area contributed by atoms with Crippen LogP contribution in [0.1, 0.15) is 56.1 Å². The number of hydrogen-bond donors (Lipinski definition) is 3. The maximum Gasteiger partial charge on any atom is 0.193 e. The maximum atomic E-state index is 17.6. The zero-order chi connectivity index (χ0) is 32.8. The van der Waals surface area contributed by atoms with Crippen LogP contribution in [0.2, 0.25) is 0 Å². The second-order valence-electron chi connectivity index (χ2n) is 14.0. The molecule has 244 valence electrons. The number of nitrogens with two attached hydrogens (primary N) is 1. The van der Waals surface area contributed by atoms with Gasteiger partial charge in [0.1, 0.15) is 12.8 Å². The number of ether oxygens (including phenoxy) is 2. The summed E-state index contributed by atoms with van der Waals surface area (Å²) < 4.78 is 46.4. The third kappa shape index (κ3) is 4.23. The quantitative estimate of drug-likeness (QED) is 0.277. The number of anilines is 1. The van der Waals surface area contributed by atoms with E-state index in [0.717, 1.165) is 33.5 Å². The van der Waals surface area contributed by atoms with E-state index in [4.69, 9.17) is 15.2 Å². The number of fused-ring (bicyclic) bond motifs is 7. The van der Waals surface area contributed by atoms with Crippen molar-refractivity contribution in [2.45, 2.75) is 86.6 Å². The number of aryl methyl sites for hydroxylation is 1. The lowest BCUT2D eigenvalue weighted by Gasteiger charge is -2.63. The van der Waals surface area contributed by atoms with E-state index in [1.165, 1.54) is 12.2 Å². The van der Waals surface area contributed by atoms with Gasteiger partial charge in [-0.25, -0.2) is 8.78 Å². The maximum absolute atomic E-state index is 17.6. The molecule has 2 aromatic carbocycles. The Labute approximate surface area is 271 Å². The molecule has 0 bridgehead atoms. The molecule has 0 radical (unpaired) electrons. The van der Waals surface area contributed by atoms with E-state index >= 15 is 8.78 Å². The highest BCUT2D eigenvalue weighted by Crippen LogP contribution is 2.72. The molecular formula is C36H39F2NO6S. The Morgan fingerprint density at radius 2 is 1.87 bits per heavy atom. The first-order valence-corrected chi connectivity index (χ1v) is 16.8. The smallest absolute Gasteiger partial charge is 0.193 e.